The third kappa shape index (κ3) is 2.34. The van der Waals surface area contributed by atoms with E-state index in [2.05, 4.69) is 5.16 Å². The number of methoxy groups -OCH3 is 3. The highest BCUT2D eigenvalue weighted by atomic mass is 16.7. The quantitative estimate of drug-likeness (QED) is 0.875. The zero-order valence-electron chi connectivity index (χ0n) is 11.4. The molecule has 1 N–H and O–H groups in total. The summed E-state index contributed by atoms with van der Waals surface area (Å²) >= 11 is 0. The molecular weight excluding hydrogens is 266 g/mol. The Bertz CT molecular complexity index is 554. The standard InChI is InChI=1S/C13H15NO6/c1-17-9-5-4-7(11(18-2)12(9)19-3)8-6-10(13(15)16)20-14-8/h4-5,10H,6H2,1-3H3,(H,15,16). The highest BCUT2D eigenvalue weighted by molar-refractivity contribution is 6.06. The Morgan fingerprint density at radius 3 is 2.45 bits per heavy atom. The first-order chi connectivity index (χ1) is 9.62. The molecule has 0 spiro atoms. The van der Waals surface area contributed by atoms with Crippen LogP contribution in [0.1, 0.15) is 12.0 Å². The summed E-state index contributed by atoms with van der Waals surface area (Å²) < 4.78 is 15.8. The molecule has 1 heterocycles. The van der Waals surface area contributed by atoms with Gasteiger partial charge in [0.25, 0.3) is 0 Å². The highest BCUT2D eigenvalue weighted by Crippen LogP contribution is 2.41. The van der Waals surface area contributed by atoms with E-state index in [0.29, 0.717) is 28.5 Å². The molecule has 7 nitrogen and oxygen atoms in total. The normalized spacial score (nSPS) is 17.1. The largest absolute Gasteiger partial charge is 0.493 e. The van der Waals surface area contributed by atoms with Crippen molar-refractivity contribution >= 4 is 11.7 Å². The Morgan fingerprint density at radius 2 is 1.95 bits per heavy atom. The first-order valence-corrected chi connectivity index (χ1v) is 5.87. The fourth-order valence-electron chi connectivity index (χ4n) is 2.00. The van der Waals surface area contributed by atoms with Crippen molar-refractivity contribution in [1.29, 1.82) is 0 Å². The molecule has 1 aromatic carbocycles. The van der Waals surface area contributed by atoms with Crippen LogP contribution >= 0.6 is 0 Å². The maximum absolute atomic E-state index is 10.9. The first-order valence-electron chi connectivity index (χ1n) is 5.87. The topological polar surface area (TPSA) is 86.6 Å². The lowest BCUT2D eigenvalue weighted by Crippen LogP contribution is -2.20. The highest BCUT2D eigenvalue weighted by Gasteiger charge is 2.31. The van der Waals surface area contributed by atoms with Gasteiger partial charge in [-0.3, -0.25) is 0 Å². The lowest BCUT2D eigenvalue weighted by atomic mass is 10.0. The Labute approximate surface area is 115 Å². The van der Waals surface area contributed by atoms with Crippen LogP contribution in [0.5, 0.6) is 17.2 Å². The molecule has 1 aliphatic heterocycles. The monoisotopic (exact) mass is 281 g/mol. The average Bonchev–Trinajstić information content (AvgIpc) is 2.95. The average molecular weight is 281 g/mol. The second kappa shape index (κ2) is 5.68. The lowest BCUT2D eigenvalue weighted by molar-refractivity contribution is -0.148. The summed E-state index contributed by atoms with van der Waals surface area (Å²) in [6, 6.07) is 3.43. The molecule has 0 aromatic heterocycles. The molecule has 1 atom stereocenters. The van der Waals surface area contributed by atoms with Crippen LogP contribution in [0.15, 0.2) is 17.3 Å². The molecule has 0 radical (unpaired) electrons. The maximum Gasteiger partial charge on any atom is 0.348 e. The zero-order valence-corrected chi connectivity index (χ0v) is 11.4. The van der Waals surface area contributed by atoms with Crippen molar-refractivity contribution < 1.29 is 28.9 Å². The van der Waals surface area contributed by atoms with Crippen LogP contribution in [0.3, 0.4) is 0 Å². The number of rotatable bonds is 5. The Kier molecular flexibility index (Phi) is 3.97. The van der Waals surface area contributed by atoms with Gasteiger partial charge in [0, 0.05) is 12.0 Å². The fourth-order valence-corrected chi connectivity index (χ4v) is 2.00. The van der Waals surface area contributed by atoms with Gasteiger partial charge in [-0.1, -0.05) is 5.16 Å². The maximum atomic E-state index is 10.9. The molecule has 108 valence electrons. The number of aliphatic carboxylic acids is 1. The number of oxime groups is 1. The van der Waals surface area contributed by atoms with E-state index in [-0.39, 0.29) is 6.42 Å². The van der Waals surface area contributed by atoms with Gasteiger partial charge in [0.05, 0.1) is 27.0 Å². The molecule has 0 saturated heterocycles. The van der Waals surface area contributed by atoms with Crippen LogP contribution in [0.2, 0.25) is 0 Å². The molecule has 0 amide bonds. The van der Waals surface area contributed by atoms with E-state index in [4.69, 9.17) is 24.2 Å². The van der Waals surface area contributed by atoms with Gasteiger partial charge in [-0.15, -0.1) is 0 Å². The third-order valence-corrected chi connectivity index (χ3v) is 2.96. The van der Waals surface area contributed by atoms with Crippen LogP contribution in [0, 0.1) is 0 Å². The van der Waals surface area contributed by atoms with Gasteiger partial charge in [0.2, 0.25) is 11.9 Å². The fraction of sp³-hybridized carbons (Fsp3) is 0.385. The predicted octanol–water partition coefficient (Wildman–Crippen LogP) is 1.29. The smallest absolute Gasteiger partial charge is 0.348 e. The predicted molar refractivity (Wildman–Crippen MR) is 69.8 cm³/mol. The number of hydrogen-bond donors (Lipinski definition) is 1. The van der Waals surface area contributed by atoms with Crippen molar-refractivity contribution in [3.8, 4) is 17.2 Å². The minimum atomic E-state index is -1.05. The van der Waals surface area contributed by atoms with E-state index in [9.17, 15) is 4.79 Å². The molecular formula is C13H15NO6. The molecule has 1 aliphatic rings. The molecule has 7 heteroatoms. The van der Waals surface area contributed by atoms with Crippen LogP contribution in [-0.2, 0) is 9.63 Å². The van der Waals surface area contributed by atoms with Crippen molar-refractivity contribution in [2.24, 2.45) is 5.16 Å². The van der Waals surface area contributed by atoms with Gasteiger partial charge < -0.3 is 24.2 Å². The summed E-state index contributed by atoms with van der Waals surface area (Å²) in [5, 5.41) is 12.7. The second-order valence-corrected chi connectivity index (χ2v) is 4.06. The number of hydrogen-bond acceptors (Lipinski definition) is 6. The molecule has 0 bridgehead atoms. The van der Waals surface area contributed by atoms with Crippen molar-refractivity contribution in [3.63, 3.8) is 0 Å². The molecule has 1 unspecified atom stereocenters. The summed E-state index contributed by atoms with van der Waals surface area (Å²) in [7, 11) is 4.51. The van der Waals surface area contributed by atoms with Crippen LogP contribution in [0.4, 0.5) is 0 Å². The third-order valence-electron chi connectivity index (χ3n) is 2.96. The first kappa shape index (κ1) is 14.0. The van der Waals surface area contributed by atoms with Crippen molar-refractivity contribution in [2.75, 3.05) is 21.3 Å². The van der Waals surface area contributed by atoms with Gasteiger partial charge >= 0.3 is 5.97 Å². The second-order valence-electron chi connectivity index (χ2n) is 4.06. The van der Waals surface area contributed by atoms with Gasteiger partial charge in [-0.2, -0.15) is 0 Å². The minimum absolute atomic E-state index is 0.168. The van der Waals surface area contributed by atoms with Gasteiger partial charge in [0.15, 0.2) is 11.5 Å². The Balaban J connectivity index is 2.41. The Hall–Kier alpha value is -2.44. The van der Waals surface area contributed by atoms with E-state index in [1.807, 2.05) is 0 Å². The summed E-state index contributed by atoms with van der Waals surface area (Å²) in [6.45, 7) is 0. The van der Waals surface area contributed by atoms with Crippen LogP contribution in [0.25, 0.3) is 0 Å². The SMILES string of the molecule is COc1ccc(C2=NOC(C(=O)O)C2)c(OC)c1OC. The van der Waals surface area contributed by atoms with E-state index in [0.717, 1.165) is 0 Å². The number of nitrogens with zero attached hydrogens (tertiary/aromatic N) is 1. The molecule has 0 fully saturated rings. The van der Waals surface area contributed by atoms with E-state index >= 15 is 0 Å². The number of carbonyl (C=O) groups is 1. The van der Waals surface area contributed by atoms with Crippen LogP contribution < -0.4 is 14.2 Å². The van der Waals surface area contributed by atoms with Crippen molar-refractivity contribution in [2.45, 2.75) is 12.5 Å². The number of benzene rings is 1. The molecule has 0 saturated carbocycles. The van der Waals surface area contributed by atoms with E-state index in [1.54, 1.807) is 12.1 Å². The number of carboxylic acids is 1. The molecule has 2 rings (SSSR count). The minimum Gasteiger partial charge on any atom is -0.493 e. The Morgan fingerprint density at radius 1 is 1.25 bits per heavy atom. The van der Waals surface area contributed by atoms with Gasteiger partial charge in [-0.25, -0.2) is 4.79 Å². The molecule has 20 heavy (non-hydrogen) atoms. The summed E-state index contributed by atoms with van der Waals surface area (Å²) in [5.41, 5.74) is 1.11. The summed E-state index contributed by atoms with van der Waals surface area (Å²) in [4.78, 5) is 15.8. The van der Waals surface area contributed by atoms with Crippen molar-refractivity contribution in [1.82, 2.24) is 0 Å². The number of carboxylic acid groups (broad SMARTS) is 1. The van der Waals surface area contributed by atoms with E-state index < -0.39 is 12.1 Å². The zero-order chi connectivity index (χ0) is 14.7. The summed E-state index contributed by atoms with van der Waals surface area (Å²) in [6.07, 6.45) is -0.802. The van der Waals surface area contributed by atoms with Gasteiger partial charge in [-0.05, 0) is 12.1 Å². The number of ether oxygens (including phenoxy) is 3. The van der Waals surface area contributed by atoms with E-state index in [1.165, 1.54) is 21.3 Å². The van der Waals surface area contributed by atoms with Crippen LogP contribution in [-0.4, -0.2) is 44.2 Å². The molecule has 0 aliphatic carbocycles. The van der Waals surface area contributed by atoms with Gasteiger partial charge in [0.1, 0.15) is 0 Å². The summed E-state index contributed by atoms with van der Waals surface area (Å²) in [5.74, 6) is 0.319. The molecule has 1 aromatic rings. The lowest BCUT2D eigenvalue weighted by Gasteiger charge is -2.15. The van der Waals surface area contributed by atoms with Crippen molar-refractivity contribution in [3.05, 3.63) is 17.7 Å².